The van der Waals surface area contributed by atoms with Gasteiger partial charge in [0.1, 0.15) is 17.5 Å². The van der Waals surface area contributed by atoms with Gasteiger partial charge in [0.25, 0.3) is 5.91 Å². The van der Waals surface area contributed by atoms with Gasteiger partial charge in [0.2, 0.25) is 5.91 Å². The van der Waals surface area contributed by atoms with Crippen molar-refractivity contribution in [1.29, 1.82) is 0 Å². The number of rotatable bonds is 7. The van der Waals surface area contributed by atoms with Gasteiger partial charge >= 0.3 is 0 Å². The largest absolute Gasteiger partial charge is 0.497 e. The van der Waals surface area contributed by atoms with Gasteiger partial charge < -0.3 is 20.1 Å². The zero-order valence-corrected chi connectivity index (χ0v) is 18.7. The summed E-state index contributed by atoms with van der Waals surface area (Å²) in [4.78, 5) is 26.1. The molecule has 2 amide bonds. The van der Waals surface area contributed by atoms with Crippen molar-refractivity contribution < 1.29 is 27.5 Å². The molecule has 0 spiro atoms. The summed E-state index contributed by atoms with van der Waals surface area (Å²) >= 11 is 0. The van der Waals surface area contributed by atoms with Crippen LogP contribution in [0.15, 0.2) is 47.4 Å². The first kappa shape index (κ1) is 22.6. The lowest BCUT2D eigenvalue weighted by Gasteiger charge is -2.24. The predicted molar refractivity (Wildman–Crippen MR) is 115 cm³/mol. The Labute approximate surface area is 181 Å². The number of carbonyl (C=O) groups excluding carboxylic acids is 2. The maximum atomic E-state index is 13.0. The molecule has 2 aromatic carbocycles. The quantitative estimate of drug-likeness (QED) is 0.674. The van der Waals surface area contributed by atoms with Crippen LogP contribution in [0.5, 0.6) is 11.5 Å². The summed E-state index contributed by atoms with van der Waals surface area (Å²) < 4.78 is 35.2. The summed E-state index contributed by atoms with van der Waals surface area (Å²) in [6, 6.07) is 9.83. The third-order valence-electron chi connectivity index (χ3n) is 5.18. The van der Waals surface area contributed by atoms with Crippen molar-refractivity contribution in [1.82, 2.24) is 10.6 Å². The molecule has 0 unspecified atom stereocenters. The van der Waals surface area contributed by atoms with E-state index < -0.39 is 33.7 Å². The fraction of sp³-hybridized carbons (Fsp3) is 0.364. The van der Waals surface area contributed by atoms with Crippen LogP contribution in [0, 0.1) is 5.92 Å². The molecule has 1 heterocycles. The third-order valence-corrected chi connectivity index (χ3v) is 7.00. The van der Waals surface area contributed by atoms with E-state index in [1.807, 2.05) is 0 Å². The zero-order valence-electron chi connectivity index (χ0n) is 17.8. The van der Waals surface area contributed by atoms with E-state index in [0.29, 0.717) is 17.1 Å². The molecule has 0 aromatic heterocycles. The van der Waals surface area contributed by atoms with Gasteiger partial charge in [-0.05, 0) is 29.7 Å². The third kappa shape index (κ3) is 4.82. The fourth-order valence-electron chi connectivity index (χ4n) is 3.53. The van der Waals surface area contributed by atoms with Gasteiger partial charge in [-0.3, -0.25) is 9.59 Å². The van der Waals surface area contributed by atoms with E-state index in [2.05, 4.69) is 10.6 Å². The molecule has 0 bridgehead atoms. The minimum Gasteiger partial charge on any atom is -0.497 e. The fourth-order valence-corrected chi connectivity index (χ4v) is 5.27. The molecule has 0 aliphatic carbocycles. The van der Waals surface area contributed by atoms with Crippen molar-refractivity contribution in [3.8, 4) is 11.5 Å². The predicted octanol–water partition coefficient (Wildman–Crippen LogP) is 2.10. The molecule has 2 atom stereocenters. The monoisotopic (exact) mass is 446 g/mol. The van der Waals surface area contributed by atoms with Gasteiger partial charge in [-0.25, -0.2) is 8.42 Å². The molecule has 8 nitrogen and oxygen atoms in total. The van der Waals surface area contributed by atoms with Crippen LogP contribution in [-0.4, -0.2) is 46.2 Å². The first-order chi connectivity index (χ1) is 14.7. The average molecular weight is 447 g/mol. The highest BCUT2D eigenvalue weighted by Crippen LogP contribution is 2.33. The summed E-state index contributed by atoms with van der Waals surface area (Å²) in [6.07, 6.45) is 0. The maximum absolute atomic E-state index is 13.0. The van der Waals surface area contributed by atoms with Crippen molar-refractivity contribution >= 4 is 21.7 Å². The molecular weight excluding hydrogens is 420 g/mol. The topological polar surface area (TPSA) is 111 Å². The van der Waals surface area contributed by atoms with Crippen LogP contribution >= 0.6 is 0 Å². The van der Waals surface area contributed by atoms with Gasteiger partial charge in [-0.15, -0.1) is 0 Å². The summed E-state index contributed by atoms with van der Waals surface area (Å²) in [5.74, 6) is -0.458. The molecule has 0 saturated carbocycles. The molecule has 2 aromatic rings. The Bertz CT molecular complexity index is 1070. The van der Waals surface area contributed by atoms with Crippen molar-refractivity contribution in [2.75, 3.05) is 20.0 Å². The Kier molecular flexibility index (Phi) is 6.54. The number of methoxy groups -OCH3 is 2. The van der Waals surface area contributed by atoms with Gasteiger partial charge in [0.15, 0.2) is 9.84 Å². The van der Waals surface area contributed by atoms with E-state index in [1.54, 1.807) is 50.2 Å². The number of nitrogens with one attached hydrogen (secondary N) is 2. The van der Waals surface area contributed by atoms with Crippen LogP contribution in [0.3, 0.4) is 0 Å². The molecule has 31 heavy (non-hydrogen) atoms. The molecule has 0 radical (unpaired) electrons. The van der Waals surface area contributed by atoms with Crippen LogP contribution in [0.4, 0.5) is 0 Å². The van der Waals surface area contributed by atoms with Crippen LogP contribution in [0.2, 0.25) is 0 Å². The van der Waals surface area contributed by atoms with E-state index in [1.165, 1.54) is 20.3 Å². The van der Waals surface area contributed by atoms with Crippen LogP contribution < -0.4 is 20.1 Å². The van der Waals surface area contributed by atoms with Crippen LogP contribution in [0.25, 0.3) is 0 Å². The number of ether oxygens (including phenoxy) is 2. The van der Waals surface area contributed by atoms with Crippen molar-refractivity contribution in [2.24, 2.45) is 5.92 Å². The number of sulfone groups is 1. The molecule has 166 valence electrons. The number of carbonyl (C=O) groups is 2. The molecule has 2 N–H and O–H groups in total. The Morgan fingerprint density at radius 2 is 1.65 bits per heavy atom. The minimum atomic E-state index is -3.46. The number of fused-ring (bicyclic) bond motifs is 1. The lowest BCUT2D eigenvalue weighted by atomic mass is 10.0. The van der Waals surface area contributed by atoms with E-state index in [0.717, 1.165) is 0 Å². The average Bonchev–Trinajstić information content (AvgIpc) is 3.01. The smallest absolute Gasteiger partial charge is 0.252 e. The van der Waals surface area contributed by atoms with Gasteiger partial charge in [-0.2, -0.15) is 0 Å². The number of hydrogen-bond donors (Lipinski definition) is 2. The highest BCUT2D eigenvalue weighted by Gasteiger charge is 2.37. The molecule has 1 aliphatic heterocycles. The van der Waals surface area contributed by atoms with Crippen molar-refractivity contribution in [2.45, 2.75) is 30.8 Å². The summed E-state index contributed by atoms with van der Waals surface area (Å²) in [5.41, 5.74) is 0.839. The van der Waals surface area contributed by atoms with Gasteiger partial charge in [0, 0.05) is 11.6 Å². The number of hydrogen-bond acceptors (Lipinski definition) is 6. The first-order valence-electron chi connectivity index (χ1n) is 9.82. The van der Waals surface area contributed by atoms with Crippen molar-refractivity contribution in [3.05, 3.63) is 53.6 Å². The lowest BCUT2D eigenvalue weighted by Crippen LogP contribution is -2.50. The van der Waals surface area contributed by atoms with E-state index >= 15 is 0 Å². The number of amides is 2. The second-order valence-electron chi connectivity index (χ2n) is 7.68. The second kappa shape index (κ2) is 8.97. The zero-order chi connectivity index (χ0) is 22.8. The SMILES string of the molecule is COc1cc(OC)cc(C(=O)N[C@H](C(=O)N[C@@H]2CS(=O)(=O)c3ccccc32)C(C)C)c1. The van der Waals surface area contributed by atoms with E-state index in [4.69, 9.17) is 9.47 Å². The van der Waals surface area contributed by atoms with Gasteiger partial charge in [0.05, 0.1) is 30.9 Å². The van der Waals surface area contributed by atoms with Gasteiger partial charge in [-0.1, -0.05) is 32.0 Å². The summed E-state index contributed by atoms with van der Waals surface area (Å²) in [5, 5.41) is 5.53. The Morgan fingerprint density at radius 1 is 1.03 bits per heavy atom. The van der Waals surface area contributed by atoms with Crippen LogP contribution in [-0.2, 0) is 14.6 Å². The highest BCUT2D eigenvalue weighted by atomic mass is 32.2. The van der Waals surface area contributed by atoms with Crippen molar-refractivity contribution in [3.63, 3.8) is 0 Å². The normalized spacial score (nSPS) is 17.5. The molecule has 0 fully saturated rings. The Morgan fingerprint density at radius 3 is 2.23 bits per heavy atom. The molecule has 0 saturated heterocycles. The standard InChI is InChI=1S/C22H26N2O6S/c1-13(2)20(24-21(25)14-9-15(29-3)11-16(10-14)30-4)22(26)23-18-12-31(27,28)19-8-6-5-7-17(18)19/h5-11,13,18,20H,12H2,1-4H3,(H,23,26)(H,24,25)/t18-,20+/m1/s1. The number of benzene rings is 2. The molecular formula is C22H26N2O6S. The first-order valence-corrected chi connectivity index (χ1v) is 11.5. The van der Waals surface area contributed by atoms with E-state index in [-0.39, 0.29) is 22.1 Å². The summed E-state index contributed by atoms with van der Waals surface area (Å²) in [6.45, 7) is 3.60. The molecule has 3 rings (SSSR count). The van der Waals surface area contributed by atoms with Crippen LogP contribution in [0.1, 0.15) is 35.8 Å². The molecule has 1 aliphatic rings. The Balaban J connectivity index is 1.79. The Hall–Kier alpha value is -3.07. The summed E-state index contributed by atoms with van der Waals surface area (Å²) in [7, 11) is -0.497. The molecule has 9 heteroatoms. The van der Waals surface area contributed by atoms with E-state index in [9.17, 15) is 18.0 Å². The lowest BCUT2D eigenvalue weighted by molar-refractivity contribution is -0.124. The maximum Gasteiger partial charge on any atom is 0.252 e. The second-order valence-corrected chi connectivity index (χ2v) is 9.68. The minimum absolute atomic E-state index is 0.204. The highest BCUT2D eigenvalue weighted by molar-refractivity contribution is 7.91.